The van der Waals surface area contributed by atoms with E-state index in [1.165, 1.54) is 13.8 Å². The Bertz CT molecular complexity index is 189. The van der Waals surface area contributed by atoms with Crippen molar-refractivity contribution in [3.05, 3.63) is 0 Å². The molecule has 0 saturated heterocycles. The molecule has 13 heavy (non-hydrogen) atoms. The molecule has 0 aliphatic rings. The summed E-state index contributed by atoms with van der Waals surface area (Å²) in [5, 5.41) is 0. The van der Waals surface area contributed by atoms with Crippen LogP contribution < -0.4 is 0 Å². The van der Waals surface area contributed by atoms with Crippen LogP contribution in [0.25, 0.3) is 0 Å². The fourth-order valence-corrected chi connectivity index (χ4v) is 1.39. The average molecular weight is 214 g/mol. The van der Waals surface area contributed by atoms with Crippen molar-refractivity contribution in [1.29, 1.82) is 0 Å². The van der Waals surface area contributed by atoms with Gasteiger partial charge in [-0.25, -0.2) is 0 Å². The maximum Gasteiger partial charge on any atom is 0.389 e. The largest absolute Gasteiger partial charge is 0.528 e. The SMILES string of the molecule is CC(C)(CCC(F)(F)F)C(=O)O[SiH3]. The van der Waals surface area contributed by atoms with Crippen LogP contribution >= 0.6 is 0 Å². The molecule has 0 radical (unpaired) electrons. The Morgan fingerprint density at radius 1 is 1.31 bits per heavy atom. The Balaban J connectivity index is 4.11. The van der Waals surface area contributed by atoms with Crippen molar-refractivity contribution in [3.8, 4) is 0 Å². The summed E-state index contributed by atoms with van der Waals surface area (Å²) in [6.45, 7) is 2.91. The number of alkyl halides is 3. The molecule has 0 bridgehead atoms. The summed E-state index contributed by atoms with van der Waals surface area (Å²) in [5.41, 5.74) is -1.03. The minimum atomic E-state index is -4.21. The molecule has 0 aliphatic heterocycles. The van der Waals surface area contributed by atoms with Crippen LogP contribution in [0.4, 0.5) is 13.2 Å². The van der Waals surface area contributed by atoms with Crippen molar-refractivity contribution >= 4 is 16.5 Å². The van der Waals surface area contributed by atoms with E-state index in [4.69, 9.17) is 0 Å². The molecule has 0 unspecified atom stereocenters. The first kappa shape index (κ1) is 12.5. The lowest BCUT2D eigenvalue weighted by atomic mass is 9.88. The first-order valence-electron chi connectivity index (χ1n) is 3.84. The highest BCUT2D eigenvalue weighted by Gasteiger charge is 2.35. The van der Waals surface area contributed by atoms with Gasteiger partial charge >= 0.3 is 6.18 Å². The van der Waals surface area contributed by atoms with E-state index in [0.29, 0.717) is 0 Å². The maximum absolute atomic E-state index is 11.8. The molecule has 0 fully saturated rings. The number of carbonyl (C=O) groups excluding carboxylic acids is 1. The second-order valence-electron chi connectivity index (χ2n) is 3.49. The van der Waals surface area contributed by atoms with Crippen LogP contribution in [-0.4, -0.2) is 22.6 Å². The summed E-state index contributed by atoms with van der Waals surface area (Å²) in [5.74, 6) is -0.552. The molecule has 0 amide bonds. The van der Waals surface area contributed by atoms with Crippen molar-refractivity contribution in [2.75, 3.05) is 0 Å². The third-order valence-electron chi connectivity index (χ3n) is 1.77. The maximum atomic E-state index is 11.8. The molecular formula is C7H13F3O2Si. The highest BCUT2D eigenvalue weighted by molar-refractivity contribution is 6.06. The number of carbonyl (C=O) groups is 1. The highest BCUT2D eigenvalue weighted by atomic mass is 28.2. The standard InChI is InChI=1S/C7H13F3O2Si/c1-6(2,5(11)12-13)3-4-7(8,9)10/h3-4H2,1-2,13H3. The van der Waals surface area contributed by atoms with Crippen LogP contribution in [0.2, 0.25) is 0 Å². The first-order chi connectivity index (χ1) is 5.69. The van der Waals surface area contributed by atoms with Gasteiger partial charge < -0.3 is 4.43 Å². The Labute approximate surface area is 78.0 Å². The van der Waals surface area contributed by atoms with Gasteiger partial charge in [0, 0.05) is 6.42 Å². The van der Waals surface area contributed by atoms with E-state index >= 15 is 0 Å². The zero-order valence-electron chi connectivity index (χ0n) is 7.86. The van der Waals surface area contributed by atoms with E-state index in [0.717, 1.165) is 0 Å². The van der Waals surface area contributed by atoms with Gasteiger partial charge in [0.2, 0.25) is 10.5 Å². The molecule has 0 spiro atoms. The Morgan fingerprint density at radius 2 is 1.77 bits per heavy atom. The van der Waals surface area contributed by atoms with E-state index in [1.807, 2.05) is 0 Å². The Hall–Kier alpha value is -0.523. The second kappa shape index (κ2) is 4.12. The number of hydrogen-bond donors (Lipinski definition) is 0. The van der Waals surface area contributed by atoms with E-state index < -0.39 is 24.0 Å². The van der Waals surface area contributed by atoms with Crippen LogP contribution in [0, 0.1) is 5.41 Å². The summed E-state index contributed by atoms with van der Waals surface area (Å²) in [6.07, 6.45) is -5.38. The number of hydrogen-bond acceptors (Lipinski definition) is 2. The minimum Gasteiger partial charge on any atom is -0.528 e. The first-order valence-corrected chi connectivity index (χ1v) is 4.66. The van der Waals surface area contributed by atoms with Crippen LogP contribution in [0.5, 0.6) is 0 Å². The molecule has 0 aromatic rings. The monoisotopic (exact) mass is 214 g/mol. The zero-order valence-corrected chi connectivity index (χ0v) is 9.86. The highest BCUT2D eigenvalue weighted by Crippen LogP contribution is 2.30. The third kappa shape index (κ3) is 4.92. The molecule has 0 atom stereocenters. The second-order valence-corrected chi connectivity index (χ2v) is 3.90. The van der Waals surface area contributed by atoms with Gasteiger partial charge in [0.25, 0.3) is 5.97 Å². The summed E-state index contributed by atoms with van der Waals surface area (Å²) in [7, 11) is 0.219. The molecule has 0 heterocycles. The lowest BCUT2D eigenvalue weighted by molar-refractivity contribution is -0.153. The van der Waals surface area contributed by atoms with Gasteiger partial charge in [-0.1, -0.05) is 0 Å². The molecule has 78 valence electrons. The summed E-state index contributed by atoms with van der Waals surface area (Å²) in [4.78, 5) is 11.0. The normalized spacial score (nSPS) is 13.0. The lowest BCUT2D eigenvalue weighted by Gasteiger charge is -2.22. The molecule has 0 aromatic heterocycles. The minimum absolute atomic E-state index is 0.219. The molecule has 0 saturated carbocycles. The topological polar surface area (TPSA) is 26.3 Å². The van der Waals surface area contributed by atoms with Gasteiger partial charge in [0.15, 0.2) is 0 Å². The Kier molecular flexibility index (Phi) is 3.96. The average Bonchev–Trinajstić information content (AvgIpc) is 1.98. The van der Waals surface area contributed by atoms with Crippen molar-refractivity contribution in [3.63, 3.8) is 0 Å². The van der Waals surface area contributed by atoms with Crippen LogP contribution in [0.3, 0.4) is 0 Å². The van der Waals surface area contributed by atoms with E-state index in [2.05, 4.69) is 4.43 Å². The van der Waals surface area contributed by atoms with Crippen molar-refractivity contribution in [2.45, 2.75) is 32.9 Å². The zero-order chi connectivity index (χ0) is 10.7. The van der Waals surface area contributed by atoms with Gasteiger partial charge in [-0.05, 0) is 20.3 Å². The molecule has 0 N–H and O–H groups in total. The van der Waals surface area contributed by atoms with E-state index in [1.54, 1.807) is 0 Å². The number of halogens is 3. The summed E-state index contributed by atoms with van der Waals surface area (Å²) in [6, 6.07) is 0. The van der Waals surface area contributed by atoms with E-state index in [9.17, 15) is 18.0 Å². The Morgan fingerprint density at radius 3 is 2.08 bits per heavy atom. The van der Waals surface area contributed by atoms with Crippen LogP contribution in [0.15, 0.2) is 0 Å². The molecule has 6 heteroatoms. The molecule has 0 aromatic carbocycles. The predicted octanol–water partition coefficient (Wildman–Crippen LogP) is 1.18. The summed E-state index contributed by atoms with van der Waals surface area (Å²) < 4.78 is 39.9. The van der Waals surface area contributed by atoms with Gasteiger partial charge in [-0.2, -0.15) is 13.2 Å². The fourth-order valence-electron chi connectivity index (χ4n) is 0.833. The molecule has 0 aliphatic carbocycles. The predicted molar refractivity (Wildman–Crippen MR) is 45.1 cm³/mol. The smallest absolute Gasteiger partial charge is 0.389 e. The van der Waals surface area contributed by atoms with Crippen molar-refractivity contribution in [2.24, 2.45) is 5.41 Å². The van der Waals surface area contributed by atoms with E-state index in [-0.39, 0.29) is 16.9 Å². The van der Waals surface area contributed by atoms with Crippen molar-refractivity contribution < 1.29 is 22.4 Å². The quantitative estimate of drug-likeness (QED) is 0.659. The molecule has 2 nitrogen and oxygen atoms in total. The van der Waals surface area contributed by atoms with Gasteiger partial charge in [-0.3, -0.25) is 4.79 Å². The summed E-state index contributed by atoms with van der Waals surface area (Å²) >= 11 is 0. The van der Waals surface area contributed by atoms with Crippen LogP contribution in [0.1, 0.15) is 26.7 Å². The van der Waals surface area contributed by atoms with Crippen molar-refractivity contribution in [1.82, 2.24) is 0 Å². The lowest BCUT2D eigenvalue weighted by Crippen LogP contribution is -2.27. The fraction of sp³-hybridized carbons (Fsp3) is 0.857. The van der Waals surface area contributed by atoms with Gasteiger partial charge in [0.1, 0.15) is 0 Å². The van der Waals surface area contributed by atoms with Gasteiger partial charge in [0.05, 0.1) is 5.41 Å². The van der Waals surface area contributed by atoms with Crippen LogP contribution in [-0.2, 0) is 9.22 Å². The third-order valence-corrected chi connectivity index (χ3v) is 2.14. The number of rotatable bonds is 3. The van der Waals surface area contributed by atoms with Gasteiger partial charge in [-0.15, -0.1) is 0 Å². The molecule has 0 rings (SSSR count). The molecular weight excluding hydrogens is 201 g/mol.